The molecule has 2 N–H and O–H groups in total. The molecule has 1 aliphatic carbocycles. The summed E-state index contributed by atoms with van der Waals surface area (Å²) in [6.45, 7) is 2.10. The van der Waals surface area contributed by atoms with Gasteiger partial charge in [-0.2, -0.15) is 0 Å². The van der Waals surface area contributed by atoms with Crippen molar-refractivity contribution in [3.8, 4) is 0 Å². The van der Waals surface area contributed by atoms with Crippen molar-refractivity contribution in [1.82, 2.24) is 5.32 Å². The molecule has 82 valence electrons. The minimum absolute atomic E-state index is 0.0871. The topological polar surface area (TPSA) is 32.3 Å². The number of aliphatic hydroxyl groups is 1. The number of rotatable bonds is 4. The second-order valence-electron chi connectivity index (χ2n) is 4.42. The lowest BCUT2D eigenvalue weighted by Gasteiger charge is -2.29. The van der Waals surface area contributed by atoms with Crippen LogP contribution in [-0.4, -0.2) is 17.8 Å². The molecule has 2 rings (SSSR count). The first-order valence-electron chi connectivity index (χ1n) is 5.29. The van der Waals surface area contributed by atoms with Crippen molar-refractivity contribution in [2.75, 3.05) is 6.61 Å². The highest BCUT2D eigenvalue weighted by Gasteiger charge is 2.33. The van der Waals surface area contributed by atoms with Gasteiger partial charge < -0.3 is 10.4 Å². The van der Waals surface area contributed by atoms with E-state index in [1.165, 1.54) is 12.8 Å². The molecule has 1 aromatic rings. The van der Waals surface area contributed by atoms with Gasteiger partial charge in [0.1, 0.15) is 0 Å². The van der Waals surface area contributed by atoms with Gasteiger partial charge in [0.05, 0.1) is 12.1 Å². The molecule has 0 bridgehead atoms. The highest BCUT2D eigenvalue weighted by atomic mass is 35.5. The van der Waals surface area contributed by atoms with E-state index in [1.54, 1.807) is 0 Å². The van der Waals surface area contributed by atoms with Crippen molar-refractivity contribution in [2.24, 2.45) is 0 Å². The van der Waals surface area contributed by atoms with E-state index in [4.69, 9.17) is 11.6 Å². The zero-order chi connectivity index (χ0) is 10.9. The first-order valence-corrected chi connectivity index (χ1v) is 5.66. The fraction of sp³-hybridized carbons (Fsp3) is 0.500. The molecule has 15 heavy (non-hydrogen) atoms. The molecule has 1 aliphatic rings. The molecule has 1 atom stereocenters. The Balaban J connectivity index is 2.23. The van der Waals surface area contributed by atoms with E-state index < -0.39 is 0 Å². The average Bonchev–Trinajstić information content (AvgIpc) is 3.01. The van der Waals surface area contributed by atoms with Gasteiger partial charge in [0.2, 0.25) is 0 Å². The van der Waals surface area contributed by atoms with Crippen LogP contribution in [0, 0.1) is 0 Å². The predicted octanol–water partition coefficient (Wildman–Crippen LogP) is 2.30. The monoisotopic (exact) mass is 225 g/mol. The van der Waals surface area contributed by atoms with Crippen LogP contribution in [0.5, 0.6) is 0 Å². The standard InChI is InChI=1S/C12H16ClNO/c1-12(8-15,14-11-5-6-11)9-3-2-4-10(13)7-9/h2-4,7,11,14-15H,5-6,8H2,1H3. The van der Waals surface area contributed by atoms with Crippen LogP contribution >= 0.6 is 11.6 Å². The zero-order valence-corrected chi connectivity index (χ0v) is 9.59. The van der Waals surface area contributed by atoms with Crippen LogP contribution in [0.25, 0.3) is 0 Å². The van der Waals surface area contributed by atoms with Crippen molar-refractivity contribution >= 4 is 11.6 Å². The minimum Gasteiger partial charge on any atom is -0.394 e. The molecule has 1 saturated carbocycles. The average molecular weight is 226 g/mol. The maximum atomic E-state index is 9.50. The summed E-state index contributed by atoms with van der Waals surface area (Å²) in [6.07, 6.45) is 2.41. The highest BCUT2D eigenvalue weighted by molar-refractivity contribution is 6.30. The van der Waals surface area contributed by atoms with Crippen molar-refractivity contribution < 1.29 is 5.11 Å². The predicted molar refractivity (Wildman–Crippen MR) is 62.0 cm³/mol. The lowest BCUT2D eigenvalue weighted by atomic mass is 9.93. The third-order valence-corrected chi connectivity index (χ3v) is 3.11. The van der Waals surface area contributed by atoms with E-state index in [9.17, 15) is 5.11 Å². The van der Waals surface area contributed by atoms with Gasteiger partial charge in [-0.3, -0.25) is 0 Å². The number of aliphatic hydroxyl groups excluding tert-OH is 1. The number of hydrogen-bond acceptors (Lipinski definition) is 2. The first kappa shape index (κ1) is 10.9. The number of nitrogens with one attached hydrogen (secondary N) is 1. The second-order valence-corrected chi connectivity index (χ2v) is 4.86. The Hall–Kier alpha value is -0.570. The van der Waals surface area contributed by atoms with Gasteiger partial charge in [-0.25, -0.2) is 0 Å². The lowest BCUT2D eigenvalue weighted by Crippen LogP contribution is -2.44. The normalized spacial score (nSPS) is 19.9. The fourth-order valence-corrected chi connectivity index (χ4v) is 1.92. The zero-order valence-electron chi connectivity index (χ0n) is 8.83. The van der Waals surface area contributed by atoms with Crippen LogP contribution in [0.4, 0.5) is 0 Å². The number of halogens is 1. The molecule has 0 saturated heterocycles. The summed E-state index contributed by atoms with van der Waals surface area (Å²) in [5, 5.41) is 13.7. The summed E-state index contributed by atoms with van der Waals surface area (Å²) in [5.41, 5.74) is 0.677. The van der Waals surface area contributed by atoms with E-state index >= 15 is 0 Å². The maximum absolute atomic E-state index is 9.50. The lowest BCUT2D eigenvalue weighted by molar-refractivity contribution is 0.173. The quantitative estimate of drug-likeness (QED) is 0.824. The molecule has 2 nitrogen and oxygen atoms in total. The molecule has 0 heterocycles. The van der Waals surface area contributed by atoms with Gasteiger partial charge in [0.15, 0.2) is 0 Å². The molecule has 1 fully saturated rings. The molecule has 0 aromatic heterocycles. The Morgan fingerprint density at radius 3 is 2.80 bits per heavy atom. The molecule has 3 heteroatoms. The molecular weight excluding hydrogens is 210 g/mol. The first-order chi connectivity index (χ1) is 7.14. The van der Waals surface area contributed by atoms with Crippen LogP contribution in [0.15, 0.2) is 24.3 Å². The summed E-state index contributed by atoms with van der Waals surface area (Å²) in [4.78, 5) is 0. The molecule has 0 aliphatic heterocycles. The second kappa shape index (κ2) is 4.12. The largest absolute Gasteiger partial charge is 0.394 e. The van der Waals surface area contributed by atoms with Crippen LogP contribution < -0.4 is 5.32 Å². The van der Waals surface area contributed by atoms with E-state index in [-0.39, 0.29) is 12.1 Å². The fourth-order valence-electron chi connectivity index (χ4n) is 1.73. The van der Waals surface area contributed by atoms with Gasteiger partial charge in [0, 0.05) is 11.1 Å². The molecule has 1 unspecified atom stereocenters. The van der Waals surface area contributed by atoms with E-state index in [1.807, 2.05) is 31.2 Å². The van der Waals surface area contributed by atoms with Gasteiger partial charge in [0.25, 0.3) is 0 Å². The maximum Gasteiger partial charge on any atom is 0.0652 e. The van der Waals surface area contributed by atoms with Crippen LogP contribution in [0.1, 0.15) is 25.3 Å². The van der Waals surface area contributed by atoms with Gasteiger partial charge in [-0.15, -0.1) is 0 Å². The summed E-state index contributed by atoms with van der Waals surface area (Å²) in [7, 11) is 0. The van der Waals surface area contributed by atoms with Crippen LogP contribution in [0.2, 0.25) is 5.02 Å². The number of hydrogen-bond donors (Lipinski definition) is 2. The molecule has 1 aromatic carbocycles. The third kappa shape index (κ3) is 2.51. The Kier molecular flexibility index (Phi) is 3.01. The Bertz CT molecular complexity index is 351. The molecule has 0 amide bonds. The summed E-state index contributed by atoms with van der Waals surface area (Å²) >= 11 is 5.95. The smallest absolute Gasteiger partial charge is 0.0652 e. The van der Waals surface area contributed by atoms with Gasteiger partial charge in [-0.1, -0.05) is 23.7 Å². The van der Waals surface area contributed by atoms with Crippen LogP contribution in [-0.2, 0) is 5.54 Å². The van der Waals surface area contributed by atoms with Crippen molar-refractivity contribution in [3.63, 3.8) is 0 Å². The highest BCUT2D eigenvalue weighted by Crippen LogP contribution is 2.29. The van der Waals surface area contributed by atoms with E-state index in [2.05, 4.69) is 5.32 Å². The van der Waals surface area contributed by atoms with E-state index in [0.29, 0.717) is 11.1 Å². The van der Waals surface area contributed by atoms with Gasteiger partial charge >= 0.3 is 0 Å². The van der Waals surface area contributed by atoms with Crippen LogP contribution in [0.3, 0.4) is 0 Å². The summed E-state index contributed by atoms with van der Waals surface area (Å²) < 4.78 is 0. The van der Waals surface area contributed by atoms with Gasteiger partial charge in [-0.05, 0) is 37.5 Å². The Morgan fingerprint density at radius 2 is 2.27 bits per heavy atom. The van der Waals surface area contributed by atoms with Crippen molar-refractivity contribution in [3.05, 3.63) is 34.9 Å². The number of benzene rings is 1. The van der Waals surface area contributed by atoms with Crippen molar-refractivity contribution in [2.45, 2.75) is 31.3 Å². The Morgan fingerprint density at radius 1 is 1.53 bits per heavy atom. The molecule has 0 spiro atoms. The van der Waals surface area contributed by atoms with E-state index in [0.717, 1.165) is 5.56 Å². The summed E-state index contributed by atoms with van der Waals surface area (Å²) in [5.74, 6) is 0. The SMILES string of the molecule is CC(CO)(NC1CC1)c1cccc(Cl)c1. The summed E-state index contributed by atoms with van der Waals surface area (Å²) in [6, 6.07) is 8.23. The molecule has 0 radical (unpaired) electrons. The Labute approximate surface area is 95.3 Å². The molecular formula is C12H16ClNO. The minimum atomic E-state index is -0.369. The third-order valence-electron chi connectivity index (χ3n) is 2.88. The van der Waals surface area contributed by atoms with Crippen molar-refractivity contribution in [1.29, 1.82) is 0 Å².